The lowest BCUT2D eigenvalue weighted by Gasteiger charge is -2.11. The van der Waals surface area contributed by atoms with E-state index in [1.807, 2.05) is 6.92 Å². The average Bonchev–Trinajstić information content (AvgIpc) is 2.55. The van der Waals surface area contributed by atoms with Crippen LogP contribution >= 0.6 is 11.6 Å². The van der Waals surface area contributed by atoms with E-state index in [0.29, 0.717) is 28.7 Å². The van der Waals surface area contributed by atoms with Crippen molar-refractivity contribution in [3.05, 3.63) is 64.2 Å². The van der Waals surface area contributed by atoms with Gasteiger partial charge in [0.1, 0.15) is 0 Å². The number of carbonyl (C=O) groups excluding carboxylic acids is 1. The van der Waals surface area contributed by atoms with Crippen LogP contribution in [-0.4, -0.2) is 19.5 Å². The van der Waals surface area contributed by atoms with E-state index in [-0.39, 0.29) is 5.56 Å². The Balaban J connectivity index is 2.27. The molecule has 0 saturated heterocycles. The monoisotopic (exact) mass is 352 g/mol. The highest BCUT2D eigenvalue weighted by molar-refractivity contribution is 6.32. The first-order valence-corrected chi connectivity index (χ1v) is 7.51. The van der Waals surface area contributed by atoms with Crippen molar-refractivity contribution >= 4 is 23.5 Å². The van der Waals surface area contributed by atoms with E-state index >= 15 is 0 Å². The fraction of sp³-hybridized carbons (Fsp3) is 0.167. The molecule has 0 aliphatic carbocycles. The van der Waals surface area contributed by atoms with Gasteiger partial charge in [0.2, 0.25) is 0 Å². The zero-order chi connectivity index (χ0) is 17.7. The van der Waals surface area contributed by atoms with Gasteiger partial charge in [-0.05, 0) is 48.9 Å². The van der Waals surface area contributed by atoms with Crippen molar-refractivity contribution in [1.82, 2.24) is 0 Å². The third-order valence-electron chi connectivity index (χ3n) is 3.17. The van der Waals surface area contributed by atoms with E-state index in [1.54, 1.807) is 12.1 Å². The van der Waals surface area contributed by atoms with E-state index in [0.717, 1.165) is 12.1 Å². The Labute approximate surface area is 143 Å². The van der Waals surface area contributed by atoms with Crippen molar-refractivity contribution in [3.8, 4) is 11.5 Å². The summed E-state index contributed by atoms with van der Waals surface area (Å²) in [7, 11) is 1.48. The van der Waals surface area contributed by atoms with Crippen LogP contribution in [-0.2, 0) is 0 Å². The minimum atomic E-state index is -1.07. The normalized spacial score (nSPS) is 10.9. The lowest BCUT2D eigenvalue weighted by Crippen LogP contribution is -1.98. The number of carbonyl (C=O) groups is 1. The Hall–Kier alpha value is -2.40. The van der Waals surface area contributed by atoms with Crippen LogP contribution in [0.25, 0.3) is 6.08 Å². The van der Waals surface area contributed by atoms with Crippen LogP contribution in [0.3, 0.4) is 0 Å². The van der Waals surface area contributed by atoms with Crippen molar-refractivity contribution in [2.45, 2.75) is 6.92 Å². The van der Waals surface area contributed by atoms with Gasteiger partial charge in [0.15, 0.2) is 28.9 Å². The maximum absolute atomic E-state index is 13.2. The van der Waals surface area contributed by atoms with E-state index < -0.39 is 17.4 Å². The Morgan fingerprint density at radius 3 is 2.58 bits per heavy atom. The summed E-state index contributed by atoms with van der Waals surface area (Å²) in [5, 5.41) is 0.336. The van der Waals surface area contributed by atoms with Crippen molar-refractivity contribution in [3.63, 3.8) is 0 Å². The second-order valence-corrected chi connectivity index (χ2v) is 5.20. The second-order valence-electron chi connectivity index (χ2n) is 4.79. The molecular weight excluding hydrogens is 338 g/mol. The third-order valence-corrected chi connectivity index (χ3v) is 3.45. The lowest BCUT2D eigenvalue weighted by atomic mass is 10.1. The number of hydrogen-bond donors (Lipinski definition) is 0. The molecule has 2 aromatic rings. The molecule has 0 N–H and O–H groups in total. The highest BCUT2D eigenvalue weighted by Crippen LogP contribution is 2.36. The van der Waals surface area contributed by atoms with Gasteiger partial charge in [0, 0.05) is 5.56 Å². The number of rotatable bonds is 6. The number of ketones is 1. The van der Waals surface area contributed by atoms with Gasteiger partial charge in [-0.2, -0.15) is 0 Å². The van der Waals surface area contributed by atoms with Gasteiger partial charge in [-0.25, -0.2) is 8.78 Å². The number of ether oxygens (including phenoxy) is 2. The summed E-state index contributed by atoms with van der Waals surface area (Å²) in [6.45, 7) is 2.25. The molecule has 2 aromatic carbocycles. The predicted molar refractivity (Wildman–Crippen MR) is 88.9 cm³/mol. The summed E-state index contributed by atoms with van der Waals surface area (Å²) < 4.78 is 36.7. The molecule has 0 unspecified atom stereocenters. The van der Waals surface area contributed by atoms with E-state index in [2.05, 4.69) is 0 Å². The predicted octanol–water partition coefficient (Wildman–Crippen LogP) is 4.92. The summed E-state index contributed by atoms with van der Waals surface area (Å²) in [4.78, 5) is 12.0. The van der Waals surface area contributed by atoms with E-state index in [4.69, 9.17) is 21.1 Å². The molecule has 0 spiro atoms. The molecule has 2 rings (SSSR count). The molecule has 0 saturated carbocycles. The minimum Gasteiger partial charge on any atom is -0.491 e. The molecule has 0 heterocycles. The van der Waals surface area contributed by atoms with Crippen molar-refractivity contribution in [2.75, 3.05) is 13.7 Å². The first-order chi connectivity index (χ1) is 11.5. The van der Waals surface area contributed by atoms with Crippen LogP contribution in [0.5, 0.6) is 11.5 Å². The van der Waals surface area contributed by atoms with E-state index in [1.165, 1.54) is 25.3 Å². The Bertz CT molecular complexity index is 788. The van der Waals surface area contributed by atoms with Crippen molar-refractivity contribution in [1.29, 1.82) is 0 Å². The lowest BCUT2D eigenvalue weighted by molar-refractivity contribution is 0.104. The Kier molecular flexibility index (Phi) is 5.93. The van der Waals surface area contributed by atoms with Gasteiger partial charge >= 0.3 is 0 Å². The Morgan fingerprint density at radius 2 is 1.96 bits per heavy atom. The van der Waals surface area contributed by atoms with E-state index in [9.17, 15) is 13.6 Å². The van der Waals surface area contributed by atoms with Gasteiger partial charge in [0.05, 0.1) is 18.7 Å². The molecule has 0 bridgehead atoms. The second kappa shape index (κ2) is 7.93. The summed E-state index contributed by atoms with van der Waals surface area (Å²) >= 11 is 6.13. The van der Waals surface area contributed by atoms with Crippen molar-refractivity contribution in [2.24, 2.45) is 0 Å². The zero-order valence-corrected chi connectivity index (χ0v) is 13.9. The standard InChI is InChI=1S/C18H15ClF2O3/c1-3-24-17-9-11(8-13(19)18(17)23-2)4-7-16(22)12-5-6-14(20)15(21)10-12/h4-10H,3H2,1-2H3/b7-4+. The first-order valence-electron chi connectivity index (χ1n) is 7.14. The average molecular weight is 353 g/mol. The van der Waals surface area contributed by atoms with Crippen LogP contribution in [0, 0.1) is 11.6 Å². The minimum absolute atomic E-state index is 0.0507. The molecule has 0 aliphatic heterocycles. The zero-order valence-electron chi connectivity index (χ0n) is 13.1. The molecule has 126 valence electrons. The summed E-state index contributed by atoms with van der Waals surface area (Å²) in [6.07, 6.45) is 2.76. The fourth-order valence-electron chi connectivity index (χ4n) is 2.06. The van der Waals surface area contributed by atoms with Crippen LogP contribution in [0.15, 0.2) is 36.4 Å². The molecule has 0 amide bonds. The van der Waals surface area contributed by atoms with Crippen molar-refractivity contribution < 1.29 is 23.0 Å². The van der Waals surface area contributed by atoms with Crippen LogP contribution in [0.1, 0.15) is 22.8 Å². The first kappa shape index (κ1) is 17.9. The molecule has 0 aliphatic rings. The maximum atomic E-state index is 13.2. The highest BCUT2D eigenvalue weighted by Gasteiger charge is 2.11. The summed E-state index contributed by atoms with van der Waals surface area (Å²) in [5.74, 6) is -1.67. The number of hydrogen-bond acceptors (Lipinski definition) is 3. The van der Waals surface area contributed by atoms with Gasteiger partial charge in [0.25, 0.3) is 0 Å². The SMILES string of the molecule is CCOc1cc(/C=C/C(=O)c2ccc(F)c(F)c2)cc(Cl)c1OC. The molecule has 0 atom stereocenters. The number of halogens is 3. The third kappa shape index (κ3) is 4.11. The number of allylic oxidation sites excluding steroid dienone is 1. The summed E-state index contributed by atoms with van der Waals surface area (Å²) in [6, 6.07) is 6.27. The van der Waals surface area contributed by atoms with Gasteiger partial charge in [-0.3, -0.25) is 4.79 Å². The molecule has 0 radical (unpaired) electrons. The van der Waals surface area contributed by atoms with Gasteiger partial charge in [-0.15, -0.1) is 0 Å². The Morgan fingerprint density at radius 1 is 1.21 bits per heavy atom. The topological polar surface area (TPSA) is 35.5 Å². The van der Waals surface area contributed by atoms with Crippen LogP contribution < -0.4 is 9.47 Å². The summed E-state index contributed by atoms with van der Waals surface area (Å²) in [5.41, 5.74) is 0.662. The molecule has 3 nitrogen and oxygen atoms in total. The number of benzene rings is 2. The smallest absolute Gasteiger partial charge is 0.185 e. The fourth-order valence-corrected chi connectivity index (χ4v) is 2.36. The highest BCUT2D eigenvalue weighted by atomic mass is 35.5. The quantitative estimate of drug-likeness (QED) is 0.546. The largest absolute Gasteiger partial charge is 0.491 e. The molecule has 0 aromatic heterocycles. The molecular formula is C18H15ClF2O3. The van der Waals surface area contributed by atoms with Gasteiger partial charge in [-0.1, -0.05) is 17.7 Å². The molecule has 6 heteroatoms. The number of methoxy groups -OCH3 is 1. The molecule has 0 fully saturated rings. The van der Waals surface area contributed by atoms with Gasteiger partial charge < -0.3 is 9.47 Å². The van der Waals surface area contributed by atoms with Crippen LogP contribution in [0.2, 0.25) is 5.02 Å². The molecule has 24 heavy (non-hydrogen) atoms. The van der Waals surface area contributed by atoms with Crippen LogP contribution in [0.4, 0.5) is 8.78 Å². The maximum Gasteiger partial charge on any atom is 0.185 e.